The van der Waals surface area contributed by atoms with Crippen LogP contribution in [0.5, 0.6) is 5.75 Å². The van der Waals surface area contributed by atoms with Crippen molar-refractivity contribution >= 4 is 5.69 Å². The first-order chi connectivity index (χ1) is 8.67. The number of aliphatic hydroxyl groups is 1. The van der Waals surface area contributed by atoms with Crippen LogP contribution in [0.2, 0.25) is 0 Å². The lowest BCUT2D eigenvalue weighted by Crippen LogP contribution is -1.99. The van der Waals surface area contributed by atoms with Gasteiger partial charge in [-0.1, -0.05) is 12.1 Å². The minimum Gasteiger partial charge on any atom is -0.508 e. The molecule has 0 fully saturated rings. The second-order valence-corrected chi connectivity index (χ2v) is 4.03. The van der Waals surface area contributed by atoms with Crippen molar-refractivity contribution in [2.24, 2.45) is 0 Å². The van der Waals surface area contributed by atoms with Gasteiger partial charge in [0.05, 0.1) is 6.61 Å². The molecular formula is C14H14FNO2. The highest BCUT2D eigenvalue weighted by atomic mass is 19.1. The maximum Gasteiger partial charge on any atom is 0.127 e. The van der Waals surface area contributed by atoms with Crippen LogP contribution in [0.4, 0.5) is 10.1 Å². The van der Waals surface area contributed by atoms with Crippen LogP contribution in [0.25, 0.3) is 0 Å². The van der Waals surface area contributed by atoms with Gasteiger partial charge in [0.1, 0.15) is 11.6 Å². The Labute approximate surface area is 105 Å². The molecule has 0 bridgehead atoms. The van der Waals surface area contributed by atoms with Crippen LogP contribution < -0.4 is 5.32 Å². The normalized spacial score (nSPS) is 10.3. The summed E-state index contributed by atoms with van der Waals surface area (Å²) in [6.07, 6.45) is 0. The average Bonchev–Trinajstić information content (AvgIpc) is 2.36. The minimum absolute atomic E-state index is 0.0120. The maximum absolute atomic E-state index is 13.0. The second kappa shape index (κ2) is 5.51. The molecule has 2 aromatic carbocycles. The molecule has 3 N–H and O–H groups in total. The van der Waals surface area contributed by atoms with Gasteiger partial charge in [0.2, 0.25) is 0 Å². The molecule has 0 aliphatic rings. The Morgan fingerprint density at radius 1 is 1.00 bits per heavy atom. The molecule has 0 saturated carbocycles. The number of hydrogen-bond donors (Lipinski definition) is 3. The summed E-state index contributed by atoms with van der Waals surface area (Å²) in [6.45, 7) is 0.432. The van der Waals surface area contributed by atoms with Crippen LogP contribution in [0.3, 0.4) is 0 Å². The van der Waals surface area contributed by atoms with E-state index < -0.39 is 5.82 Å². The van der Waals surface area contributed by atoms with Gasteiger partial charge in [0, 0.05) is 18.3 Å². The number of hydrogen-bond acceptors (Lipinski definition) is 3. The molecule has 0 saturated heterocycles. The number of aliphatic hydroxyl groups excluding tert-OH is 1. The molecule has 0 amide bonds. The molecular weight excluding hydrogens is 233 g/mol. The highest BCUT2D eigenvalue weighted by Crippen LogP contribution is 2.16. The summed E-state index contributed by atoms with van der Waals surface area (Å²) >= 11 is 0. The SMILES string of the molecule is OCc1ccc(NCc2cc(O)cc(F)c2)cc1. The molecule has 0 aromatic heterocycles. The molecule has 0 aliphatic heterocycles. The van der Waals surface area contributed by atoms with Crippen LogP contribution in [0.1, 0.15) is 11.1 Å². The molecule has 94 valence electrons. The number of anilines is 1. The molecule has 2 aromatic rings. The number of nitrogens with one attached hydrogen (secondary N) is 1. The zero-order chi connectivity index (χ0) is 13.0. The summed E-state index contributed by atoms with van der Waals surface area (Å²) in [6, 6.07) is 11.2. The van der Waals surface area contributed by atoms with E-state index in [4.69, 9.17) is 5.11 Å². The largest absolute Gasteiger partial charge is 0.508 e. The minimum atomic E-state index is -0.456. The topological polar surface area (TPSA) is 52.5 Å². The number of halogens is 1. The fraction of sp³-hybridized carbons (Fsp3) is 0.143. The van der Waals surface area contributed by atoms with E-state index in [0.29, 0.717) is 12.1 Å². The summed E-state index contributed by atoms with van der Waals surface area (Å²) in [5.74, 6) is -0.537. The van der Waals surface area contributed by atoms with Crippen molar-refractivity contribution < 1.29 is 14.6 Å². The van der Waals surface area contributed by atoms with Gasteiger partial charge in [0.25, 0.3) is 0 Å². The summed E-state index contributed by atoms with van der Waals surface area (Å²) < 4.78 is 13.0. The maximum atomic E-state index is 13.0. The average molecular weight is 247 g/mol. The van der Waals surface area contributed by atoms with E-state index in [9.17, 15) is 9.50 Å². The first-order valence-electron chi connectivity index (χ1n) is 5.59. The third kappa shape index (κ3) is 3.21. The standard InChI is InChI=1S/C14H14FNO2/c15-12-5-11(6-14(18)7-12)8-16-13-3-1-10(9-17)2-4-13/h1-7,16-18H,8-9H2. The zero-order valence-electron chi connectivity index (χ0n) is 9.73. The Morgan fingerprint density at radius 3 is 2.33 bits per heavy atom. The molecule has 18 heavy (non-hydrogen) atoms. The quantitative estimate of drug-likeness (QED) is 0.778. The Bertz CT molecular complexity index is 506. The molecule has 4 heteroatoms. The van der Waals surface area contributed by atoms with Crippen molar-refractivity contribution in [2.45, 2.75) is 13.2 Å². The van der Waals surface area contributed by atoms with Gasteiger partial charge in [-0.05, 0) is 35.4 Å². The smallest absolute Gasteiger partial charge is 0.127 e. The first-order valence-corrected chi connectivity index (χ1v) is 5.59. The molecule has 0 radical (unpaired) electrons. The van der Waals surface area contributed by atoms with Gasteiger partial charge in [0.15, 0.2) is 0 Å². The number of aromatic hydroxyl groups is 1. The Morgan fingerprint density at radius 2 is 1.72 bits per heavy atom. The number of phenolic OH excluding ortho intramolecular Hbond substituents is 1. The van der Waals surface area contributed by atoms with E-state index >= 15 is 0 Å². The molecule has 3 nitrogen and oxygen atoms in total. The van der Waals surface area contributed by atoms with Crippen LogP contribution >= 0.6 is 0 Å². The molecule has 0 spiro atoms. The molecule has 0 atom stereocenters. The lowest BCUT2D eigenvalue weighted by atomic mass is 10.2. The lowest BCUT2D eigenvalue weighted by Gasteiger charge is -2.07. The second-order valence-electron chi connectivity index (χ2n) is 4.03. The van der Waals surface area contributed by atoms with Gasteiger partial charge in [-0.15, -0.1) is 0 Å². The summed E-state index contributed by atoms with van der Waals surface area (Å²) in [5, 5.41) is 21.3. The van der Waals surface area contributed by atoms with Gasteiger partial charge in [-0.25, -0.2) is 4.39 Å². The monoisotopic (exact) mass is 247 g/mol. The van der Waals surface area contributed by atoms with E-state index in [2.05, 4.69) is 5.32 Å². The van der Waals surface area contributed by atoms with Gasteiger partial charge in [-0.3, -0.25) is 0 Å². The van der Waals surface area contributed by atoms with Crippen LogP contribution in [0.15, 0.2) is 42.5 Å². The number of phenols is 1. The number of benzene rings is 2. The van der Waals surface area contributed by atoms with Crippen LogP contribution in [-0.2, 0) is 13.2 Å². The van der Waals surface area contributed by atoms with Crippen molar-refractivity contribution in [3.05, 3.63) is 59.4 Å². The van der Waals surface area contributed by atoms with E-state index in [0.717, 1.165) is 17.3 Å². The highest BCUT2D eigenvalue weighted by molar-refractivity contribution is 5.45. The molecule has 0 aliphatic carbocycles. The van der Waals surface area contributed by atoms with Crippen molar-refractivity contribution in [1.82, 2.24) is 0 Å². The summed E-state index contributed by atoms with van der Waals surface area (Å²) in [5.41, 5.74) is 2.37. The van der Waals surface area contributed by atoms with Crippen molar-refractivity contribution in [3.8, 4) is 5.75 Å². The van der Waals surface area contributed by atoms with Crippen molar-refractivity contribution in [2.75, 3.05) is 5.32 Å². The summed E-state index contributed by atoms with van der Waals surface area (Å²) in [4.78, 5) is 0. The molecule has 0 heterocycles. The van der Waals surface area contributed by atoms with Crippen molar-refractivity contribution in [1.29, 1.82) is 0 Å². The fourth-order valence-corrected chi connectivity index (χ4v) is 1.67. The van der Waals surface area contributed by atoms with Gasteiger partial charge >= 0.3 is 0 Å². The summed E-state index contributed by atoms with van der Waals surface area (Å²) in [7, 11) is 0. The van der Waals surface area contributed by atoms with E-state index in [1.165, 1.54) is 12.1 Å². The van der Waals surface area contributed by atoms with Gasteiger partial charge in [-0.2, -0.15) is 0 Å². The predicted octanol–water partition coefficient (Wildman–Crippen LogP) is 2.64. The first kappa shape index (κ1) is 12.4. The zero-order valence-corrected chi connectivity index (χ0v) is 9.73. The van der Waals surface area contributed by atoms with E-state index in [1.807, 2.05) is 24.3 Å². The highest BCUT2D eigenvalue weighted by Gasteiger charge is 2.00. The molecule has 0 unspecified atom stereocenters. The lowest BCUT2D eigenvalue weighted by molar-refractivity contribution is 0.282. The fourth-order valence-electron chi connectivity index (χ4n) is 1.67. The Hall–Kier alpha value is -2.07. The third-order valence-electron chi connectivity index (χ3n) is 2.58. The predicted molar refractivity (Wildman–Crippen MR) is 67.8 cm³/mol. The molecule has 2 rings (SSSR count). The van der Waals surface area contributed by atoms with E-state index in [-0.39, 0.29) is 12.4 Å². The van der Waals surface area contributed by atoms with E-state index in [1.54, 1.807) is 0 Å². The Kier molecular flexibility index (Phi) is 3.79. The van der Waals surface area contributed by atoms with Gasteiger partial charge < -0.3 is 15.5 Å². The number of rotatable bonds is 4. The van der Waals surface area contributed by atoms with Crippen LogP contribution in [-0.4, -0.2) is 10.2 Å². The Balaban J connectivity index is 2.01. The van der Waals surface area contributed by atoms with Crippen molar-refractivity contribution in [3.63, 3.8) is 0 Å². The van der Waals surface area contributed by atoms with Crippen LogP contribution in [0, 0.1) is 5.82 Å². The third-order valence-corrected chi connectivity index (χ3v) is 2.58.